The first-order valence-electron chi connectivity index (χ1n) is 26.6. The number of carbonyl (C=O) groups excluding carboxylic acids is 8. The molecule has 0 aromatic carbocycles. The molecule has 0 saturated carbocycles. The molecular weight excluding hydrogens is 945 g/mol. The highest BCUT2D eigenvalue weighted by molar-refractivity contribution is 5.97. The zero-order valence-corrected chi connectivity index (χ0v) is 44.1. The van der Waals surface area contributed by atoms with Gasteiger partial charge in [0.05, 0.1) is 26.1 Å². The summed E-state index contributed by atoms with van der Waals surface area (Å²) < 4.78 is 0. The molecule has 418 valence electrons. The number of aromatic nitrogens is 2. The molecule has 0 saturated heterocycles. The van der Waals surface area contributed by atoms with Crippen LogP contribution in [-0.2, 0) is 44.8 Å². The summed E-state index contributed by atoms with van der Waals surface area (Å²) in [5.41, 5.74) is 11.7. The van der Waals surface area contributed by atoms with Crippen LogP contribution in [0.2, 0.25) is 0 Å². The average molecular weight is 1040 g/mol. The van der Waals surface area contributed by atoms with Crippen molar-refractivity contribution < 1.29 is 53.7 Å². The molecule has 0 bridgehead atoms. The molecule has 0 unspecified atom stereocenters. The van der Waals surface area contributed by atoms with Gasteiger partial charge in [-0.3, -0.25) is 38.4 Å². The van der Waals surface area contributed by atoms with Gasteiger partial charge in [0.25, 0.3) is 0 Å². The third kappa shape index (κ3) is 28.7. The first kappa shape index (κ1) is 65.8. The van der Waals surface area contributed by atoms with E-state index < -0.39 is 109 Å². The van der Waals surface area contributed by atoms with E-state index in [0.717, 1.165) is 25.7 Å². The van der Waals surface area contributed by atoms with Crippen LogP contribution in [-0.4, -0.2) is 155 Å². The molecule has 23 nitrogen and oxygen atoms in total. The van der Waals surface area contributed by atoms with Crippen molar-refractivity contribution in [2.24, 2.45) is 17.4 Å². The summed E-state index contributed by atoms with van der Waals surface area (Å²) in [6, 6.07) is -9.53. The van der Waals surface area contributed by atoms with Gasteiger partial charge in [0.1, 0.15) is 42.3 Å². The second kappa shape index (κ2) is 40.2. The number of aliphatic hydroxyl groups excluding tert-OH is 3. The van der Waals surface area contributed by atoms with E-state index in [0.29, 0.717) is 50.9 Å². The molecular formula is C50H92N12O11. The van der Waals surface area contributed by atoms with Crippen molar-refractivity contribution in [1.29, 1.82) is 0 Å². The van der Waals surface area contributed by atoms with E-state index in [9.17, 15) is 53.7 Å². The van der Waals surface area contributed by atoms with Crippen LogP contribution in [0.1, 0.15) is 161 Å². The monoisotopic (exact) mass is 1040 g/mol. The van der Waals surface area contributed by atoms with Gasteiger partial charge in [-0.15, -0.1) is 0 Å². The summed E-state index contributed by atoms with van der Waals surface area (Å²) in [5.74, 6) is -6.38. The summed E-state index contributed by atoms with van der Waals surface area (Å²) in [5, 5.41) is 50.7. The molecule has 0 aliphatic rings. The average Bonchev–Trinajstić information content (AvgIpc) is 3.89. The predicted octanol–water partition coefficient (Wildman–Crippen LogP) is -0.146. The molecule has 1 rings (SSSR count). The molecule has 16 N–H and O–H groups in total. The van der Waals surface area contributed by atoms with Gasteiger partial charge in [-0.25, -0.2) is 4.98 Å². The number of hydrogen-bond donors (Lipinski definition) is 14. The largest absolute Gasteiger partial charge is 0.394 e. The van der Waals surface area contributed by atoms with Crippen LogP contribution in [0.15, 0.2) is 12.5 Å². The fourth-order valence-electron chi connectivity index (χ4n) is 8.01. The number of rotatable bonds is 43. The molecule has 73 heavy (non-hydrogen) atoms. The first-order valence-corrected chi connectivity index (χ1v) is 26.6. The third-order valence-electron chi connectivity index (χ3n) is 12.3. The lowest BCUT2D eigenvalue weighted by atomic mass is 10.0. The van der Waals surface area contributed by atoms with Crippen molar-refractivity contribution in [3.63, 3.8) is 0 Å². The Morgan fingerprint density at radius 1 is 0.507 bits per heavy atom. The summed E-state index contributed by atoms with van der Waals surface area (Å²) in [6.45, 7) is 3.91. The molecule has 0 fully saturated rings. The Morgan fingerprint density at radius 3 is 1.32 bits per heavy atom. The number of nitrogens with two attached hydrogens (primary N) is 2. The third-order valence-corrected chi connectivity index (χ3v) is 12.3. The molecule has 0 aliphatic heterocycles. The first-order chi connectivity index (χ1) is 35.1. The Balaban J connectivity index is 3.03. The van der Waals surface area contributed by atoms with Crippen molar-refractivity contribution in [2.45, 2.75) is 204 Å². The number of unbranched alkanes of at least 4 members (excludes halogenated alkanes) is 14. The van der Waals surface area contributed by atoms with Crippen LogP contribution >= 0.6 is 0 Å². The number of aliphatic hydroxyl groups is 3. The maximum atomic E-state index is 13.9. The number of hydrogen-bond acceptors (Lipinski definition) is 14. The quantitative estimate of drug-likeness (QED) is 0.0379. The van der Waals surface area contributed by atoms with Gasteiger partial charge in [-0.2, -0.15) is 0 Å². The number of aromatic amines is 1. The second-order valence-electron chi connectivity index (χ2n) is 19.1. The van der Waals surface area contributed by atoms with E-state index in [1.807, 2.05) is 0 Å². The van der Waals surface area contributed by atoms with Gasteiger partial charge in [0.2, 0.25) is 47.3 Å². The van der Waals surface area contributed by atoms with Gasteiger partial charge in [0, 0.05) is 31.8 Å². The molecule has 23 heteroatoms. The lowest BCUT2D eigenvalue weighted by molar-refractivity contribution is -0.136. The van der Waals surface area contributed by atoms with Gasteiger partial charge >= 0.3 is 0 Å². The number of carbonyl (C=O) groups is 8. The zero-order valence-electron chi connectivity index (χ0n) is 44.1. The van der Waals surface area contributed by atoms with Crippen LogP contribution < -0.4 is 54.0 Å². The number of imidazole rings is 1. The highest BCUT2D eigenvalue weighted by Crippen LogP contribution is 2.14. The van der Waals surface area contributed by atoms with Crippen molar-refractivity contribution in [1.82, 2.24) is 52.5 Å². The van der Waals surface area contributed by atoms with Crippen LogP contribution in [0.4, 0.5) is 0 Å². The minimum atomic E-state index is -1.66. The van der Waals surface area contributed by atoms with Gasteiger partial charge < -0.3 is 74.3 Å². The Kier molecular flexibility index (Phi) is 36.2. The van der Waals surface area contributed by atoms with Crippen molar-refractivity contribution >= 4 is 47.3 Å². The summed E-state index contributed by atoms with van der Waals surface area (Å²) in [6.07, 6.45) is 20.0. The van der Waals surface area contributed by atoms with Crippen molar-refractivity contribution in [3.05, 3.63) is 18.2 Å². The number of nitrogens with one attached hydrogen (secondary N) is 9. The number of likely N-dealkylation sites (N-methyl/N-ethyl adjacent to an activating group) is 1. The van der Waals surface area contributed by atoms with Crippen LogP contribution in [0, 0.1) is 5.92 Å². The second-order valence-corrected chi connectivity index (χ2v) is 19.1. The van der Waals surface area contributed by atoms with Crippen molar-refractivity contribution in [2.75, 3.05) is 40.0 Å². The summed E-state index contributed by atoms with van der Waals surface area (Å²) >= 11 is 0. The van der Waals surface area contributed by atoms with Gasteiger partial charge in [-0.1, -0.05) is 97.8 Å². The summed E-state index contributed by atoms with van der Waals surface area (Å²) in [4.78, 5) is 114. The maximum absolute atomic E-state index is 13.9. The molecule has 1 heterocycles. The SMILES string of the molecule is CCCCCCCCCCCCCCCC(=O)N[C@@H](CO)C(=O)N[C@@H](CCCCN)C(=O)N[C@@H](CC(C)C)C(=O)N[C@@H](CO)C(=O)N[C@@H](Cc1cnc[nH]1)C(=O)N[C@@H](CO)C(=O)N[C@@H](CCCCN)C(=O)NC. The summed E-state index contributed by atoms with van der Waals surface area (Å²) in [7, 11) is 1.39. The van der Waals surface area contributed by atoms with E-state index in [4.69, 9.17) is 11.5 Å². The smallest absolute Gasteiger partial charge is 0.245 e. The topological polar surface area (TPSA) is 374 Å². The van der Waals surface area contributed by atoms with Crippen LogP contribution in [0.5, 0.6) is 0 Å². The minimum Gasteiger partial charge on any atom is -0.394 e. The maximum Gasteiger partial charge on any atom is 0.245 e. The molecule has 0 radical (unpaired) electrons. The Bertz CT molecular complexity index is 1740. The standard InChI is InChI=1S/C50H92N12O11/c1-5-6-7-8-9-10-11-12-13-14-15-16-17-24-43(66)56-40(30-63)48(71)58-37(23-19-21-26-52)45(68)59-38(27-34(2)3)46(69)61-42(32-65)50(73)60-39(28-35-29-54-33-55-35)47(70)62-41(31-64)49(72)57-36(44(67)53-4)22-18-20-25-51/h29,33-34,36-42,63-65H,5-28,30-32,51-52H2,1-4H3,(H,53,67)(H,54,55)(H,56,66)(H,57,72)(H,58,71)(H,59,68)(H,60,73)(H,61,69)(H,62,70)/t36-,37-,38-,39-,40-,41-,42-/m0/s1. The van der Waals surface area contributed by atoms with E-state index >= 15 is 0 Å². The molecule has 1 aromatic heterocycles. The molecule has 0 aliphatic carbocycles. The van der Waals surface area contributed by atoms with E-state index in [2.05, 4.69) is 59.4 Å². The number of nitrogens with zero attached hydrogens (tertiary/aromatic N) is 1. The van der Waals surface area contributed by atoms with Crippen molar-refractivity contribution in [3.8, 4) is 0 Å². The normalized spacial score (nSPS) is 14.1. The molecule has 0 spiro atoms. The number of amides is 8. The minimum absolute atomic E-state index is 0.0541. The Hall–Kier alpha value is -5.23. The van der Waals surface area contributed by atoms with E-state index in [1.54, 1.807) is 13.8 Å². The van der Waals surface area contributed by atoms with Crippen LogP contribution in [0.3, 0.4) is 0 Å². The van der Waals surface area contributed by atoms with E-state index in [-0.39, 0.29) is 38.0 Å². The highest BCUT2D eigenvalue weighted by Gasteiger charge is 2.34. The number of H-pyrrole nitrogens is 1. The fraction of sp³-hybridized carbons (Fsp3) is 0.780. The highest BCUT2D eigenvalue weighted by atomic mass is 16.3. The Morgan fingerprint density at radius 2 is 0.890 bits per heavy atom. The molecule has 1 aromatic rings. The lowest BCUT2D eigenvalue weighted by Gasteiger charge is -2.27. The predicted molar refractivity (Wildman–Crippen MR) is 277 cm³/mol. The fourth-order valence-corrected chi connectivity index (χ4v) is 8.01. The zero-order chi connectivity index (χ0) is 54.4. The molecule has 7 atom stereocenters. The van der Waals surface area contributed by atoms with E-state index in [1.165, 1.54) is 70.9 Å². The van der Waals surface area contributed by atoms with Gasteiger partial charge in [-0.05, 0) is 70.4 Å². The van der Waals surface area contributed by atoms with Crippen LogP contribution in [0.25, 0.3) is 0 Å². The van der Waals surface area contributed by atoms with Gasteiger partial charge in [0.15, 0.2) is 0 Å². The lowest BCUT2D eigenvalue weighted by Crippen LogP contribution is -2.61. The molecule has 8 amide bonds. The Labute approximate surface area is 432 Å².